The van der Waals surface area contributed by atoms with Gasteiger partial charge in [0, 0.05) is 5.75 Å². The Kier molecular flexibility index (Phi) is 6.55. The highest BCUT2D eigenvalue weighted by Crippen LogP contribution is 2.36. The first kappa shape index (κ1) is 21.7. The lowest BCUT2D eigenvalue weighted by molar-refractivity contribution is -0.0548. The molecule has 4 rings (SSSR count). The number of anilines is 1. The zero-order chi connectivity index (χ0) is 22.0. The highest BCUT2D eigenvalue weighted by molar-refractivity contribution is 7.99. The molecular formula is C19H23N5O6S. The minimum absolute atomic E-state index is 0.0764. The second kappa shape index (κ2) is 9.34. The van der Waals surface area contributed by atoms with Crippen molar-refractivity contribution in [1.82, 2.24) is 19.5 Å². The molecule has 3 aromatic rings. The summed E-state index contributed by atoms with van der Waals surface area (Å²) in [5, 5.41) is 40.7. The molecular weight excluding hydrogens is 426 g/mol. The molecule has 6 N–H and O–H groups in total. The maximum Gasteiger partial charge on any atom is 0.172 e. The van der Waals surface area contributed by atoms with Gasteiger partial charge >= 0.3 is 0 Å². The van der Waals surface area contributed by atoms with Crippen LogP contribution in [0.15, 0.2) is 41.8 Å². The number of para-hydroxylation sites is 1. The van der Waals surface area contributed by atoms with Crippen LogP contribution in [0.5, 0.6) is 5.75 Å². The molecule has 0 radical (unpaired) electrons. The fourth-order valence-electron chi connectivity index (χ4n) is 3.26. The number of imidazole rings is 1. The van der Waals surface area contributed by atoms with Crippen molar-refractivity contribution in [2.24, 2.45) is 0 Å². The van der Waals surface area contributed by atoms with E-state index in [1.54, 1.807) is 12.1 Å². The zero-order valence-corrected chi connectivity index (χ0v) is 17.2. The summed E-state index contributed by atoms with van der Waals surface area (Å²) in [6, 6.07) is 9.14. The normalized spacial score (nSPS) is 24.5. The number of aliphatic hydroxyl groups excluding tert-OH is 4. The number of nitrogens with two attached hydrogens (primary N) is 1. The summed E-state index contributed by atoms with van der Waals surface area (Å²) in [5.74, 6) is 1.01. The summed E-state index contributed by atoms with van der Waals surface area (Å²) in [5.41, 5.74) is 6.53. The van der Waals surface area contributed by atoms with E-state index in [1.807, 2.05) is 18.2 Å². The molecule has 1 saturated heterocycles. The van der Waals surface area contributed by atoms with Gasteiger partial charge in [0.25, 0.3) is 0 Å². The second-order valence-corrected chi connectivity index (χ2v) is 8.00. The zero-order valence-electron chi connectivity index (χ0n) is 16.4. The van der Waals surface area contributed by atoms with Gasteiger partial charge in [0.1, 0.15) is 37.0 Å². The van der Waals surface area contributed by atoms with E-state index in [0.29, 0.717) is 22.1 Å². The maximum atomic E-state index is 10.5. The van der Waals surface area contributed by atoms with Crippen molar-refractivity contribution in [2.75, 3.05) is 24.7 Å². The van der Waals surface area contributed by atoms with Gasteiger partial charge in [-0.05, 0) is 12.1 Å². The molecule has 1 aliphatic rings. The third-order valence-corrected chi connectivity index (χ3v) is 5.93. The van der Waals surface area contributed by atoms with Crippen molar-refractivity contribution < 1.29 is 29.9 Å². The number of rotatable bonds is 8. The van der Waals surface area contributed by atoms with Crippen LogP contribution >= 0.6 is 11.8 Å². The third-order valence-electron chi connectivity index (χ3n) is 4.84. The molecule has 12 heteroatoms. The van der Waals surface area contributed by atoms with Gasteiger partial charge in [-0.2, -0.15) is 0 Å². The molecule has 31 heavy (non-hydrogen) atoms. The van der Waals surface area contributed by atoms with Crippen LogP contribution in [0, 0.1) is 0 Å². The summed E-state index contributed by atoms with van der Waals surface area (Å²) in [6.45, 7) is -0.385. The first-order chi connectivity index (χ1) is 15.0. The minimum atomic E-state index is -1.32. The van der Waals surface area contributed by atoms with Crippen LogP contribution in [0.4, 0.5) is 5.82 Å². The van der Waals surface area contributed by atoms with Gasteiger partial charge in [-0.15, -0.1) is 0 Å². The standard InChI is InChI=1S/C19H23N5O6S/c20-16-13-17(22-9-21-16)24(18-15(28)14(27)12(6-25)30-18)19(23-13)31-8-10(26)7-29-11-4-2-1-3-5-11/h1-5,9-10,12,14-15,18,25-28H,6-8H2,(H2,20,21,22)/t10?,12-,14-,15-,18-/m1/s1. The van der Waals surface area contributed by atoms with Crippen LogP contribution in [0.25, 0.3) is 11.2 Å². The van der Waals surface area contributed by atoms with Crippen molar-refractivity contribution in [3.63, 3.8) is 0 Å². The lowest BCUT2D eigenvalue weighted by atomic mass is 10.1. The fraction of sp³-hybridized carbons (Fsp3) is 0.421. The molecule has 0 bridgehead atoms. The number of aromatic nitrogens is 4. The second-order valence-electron chi connectivity index (χ2n) is 7.01. The molecule has 0 amide bonds. The average molecular weight is 449 g/mol. The first-order valence-corrected chi connectivity index (χ1v) is 10.6. The fourth-order valence-corrected chi connectivity index (χ4v) is 4.18. The van der Waals surface area contributed by atoms with E-state index in [2.05, 4.69) is 15.0 Å². The topological polar surface area (TPSA) is 169 Å². The lowest BCUT2D eigenvalue weighted by Gasteiger charge is -2.19. The van der Waals surface area contributed by atoms with Crippen molar-refractivity contribution in [2.45, 2.75) is 35.8 Å². The quantitative estimate of drug-likeness (QED) is 0.282. The molecule has 0 aliphatic carbocycles. The van der Waals surface area contributed by atoms with Crippen LogP contribution in [-0.2, 0) is 4.74 Å². The Morgan fingerprint density at radius 2 is 1.97 bits per heavy atom. The van der Waals surface area contributed by atoms with E-state index in [0.717, 1.165) is 0 Å². The van der Waals surface area contributed by atoms with Crippen LogP contribution < -0.4 is 10.5 Å². The molecule has 0 spiro atoms. The van der Waals surface area contributed by atoms with E-state index in [4.69, 9.17) is 15.2 Å². The van der Waals surface area contributed by atoms with Crippen molar-refractivity contribution in [3.05, 3.63) is 36.7 Å². The highest BCUT2D eigenvalue weighted by Gasteiger charge is 2.45. The Labute approximate surface area is 181 Å². The molecule has 11 nitrogen and oxygen atoms in total. The number of ether oxygens (including phenoxy) is 2. The number of nitrogen functional groups attached to an aromatic ring is 1. The average Bonchev–Trinajstić information content (AvgIpc) is 3.29. The van der Waals surface area contributed by atoms with Crippen molar-refractivity contribution in [3.8, 4) is 5.75 Å². The molecule has 1 fully saturated rings. The van der Waals surface area contributed by atoms with E-state index >= 15 is 0 Å². The summed E-state index contributed by atoms with van der Waals surface area (Å²) < 4.78 is 12.7. The number of benzene rings is 1. The molecule has 0 saturated carbocycles. The number of fused-ring (bicyclic) bond motifs is 1. The van der Waals surface area contributed by atoms with Gasteiger partial charge in [-0.25, -0.2) is 15.0 Å². The Hall–Kier alpha value is -2.48. The van der Waals surface area contributed by atoms with Crippen LogP contribution in [-0.4, -0.2) is 83.3 Å². The van der Waals surface area contributed by atoms with Gasteiger partial charge in [-0.1, -0.05) is 30.0 Å². The first-order valence-electron chi connectivity index (χ1n) is 9.59. The summed E-state index contributed by atoms with van der Waals surface area (Å²) in [4.78, 5) is 12.6. The minimum Gasteiger partial charge on any atom is -0.491 e. The molecule has 2 aromatic heterocycles. The van der Waals surface area contributed by atoms with Gasteiger partial charge in [0.2, 0.25) is 0 Å². The molecule has 1 aliphatic heterocycles. The predicted molar refractivity (Wildman–Crippen MR) is 111 cm³/mol. The van der Waals surface area contributed by atoms with Gasteiger partial charge < -0.3 is 35.6 Å². The molecule has 166 valence electrons. The Bertz CT molecular complexity index is 1020. The van der Waals surface area contributed by atoms with Gasteiger partial charge in [-0.3, -0.25) is 4.57 Å². The Morgan fingerprint density at radius 1 is 1.19 bits per heavy atom. The van der Waals surface area contributed by atoms with Crippen LogP contribution in [0.3, 0.4) is 0 Å². The lowest BCUT2D eigenvalue weighted by Crippen LogP contribution is -2.33. The van der Waals surface area contributed by atoms with Crippen LogP contribution in [0.1, 0.15) is 6.23 Å². The number of thioether (sulfide) groups is 1. The smallest absolute Gasteiger partial charge is 0.172 e. The summed E-state index contributed by atoms with van der Waals surface area (Å²) in [7, 11) is 0. The highest BCUT2D eigenvalue weighted by atomic mass is 32.2. The van der Waals surface area contributed by atoms with E-state index < -0.39 is 37.3 Å². The number of hydrogen-bond donors (Lipinski definition) is 5. The third kappa shape index (κ3) is 4.44. The number of hydrogen-bond acceptors (Lipinski definition) is 11. The molecule has 5 atom stereocenters. The molecule has 1 unspecified atom stereocenters. The van der Waals surface area contributed by atoms with E-state index in [-0.39, 0.29) is 18.2 Å². The van der Waals surface area contributed by atoms with Crippen molar-refractivity contribution in [1.29, 1.82) is 0 Å². The van der Waals surface area contributed by atoms with E-state index in [1.165, 1.54) is 22.7 Å². The summed E-state index contributed by atoms with van der Waals surface area (Å²) >= 11 is 1.19. The Morgan fingerprint density at radius 3 is 2.68 bits per heavy atom. The van der Waals surface area contributed by atoms with Crippen LogP contribution in [0.2, 0.25) is 0 Å². The van der Waals surface area contributed by atoms with Crippen molar-refractivity contribution >= 4 is 28.7 Å². The maximum absolute atomic E-state index is 10.5. The van der Waals surface area contributed by atoms with Gasteiger partial charge in [0.05, 0.1) is 12.7 Å². The molecule has 1 aromatic carbocycles. The number of aliphatic hydroxyl groups is 4. The predicted octanol–water partition coefficient (Wildman–Crippen LogP) is -0.448. The SMILES string of the molecule is Nc1ncnc2c1nc(SCC(O)COc1ccccc1)n2[C@@H]1O[C@H](CO)[C@@H](O)[C@H]1O. The largest absolute Gasteiger partial charge is 0.491 e. The molecule has 3 heterocycles. The monoisotopic (exact) mass is 449 g/mol. The summed E-state index contributed by atoms with van der Waals surface area (Å²) in [6.07, 6.45) is -4.17. The van der Waals surface area contributed by atoms with E-state index in [9.17, 15) is 20.4 Å². The van der Waals surface area contributed by atoms with Gasteiger partial charge in [0.15, 0.2) is 28.4 Å². The Balaban J connectivity index is 1.54. The number of nitrogens with zero attached hydrogens (tertiary/aromatic N) is 4.